The van der Waals surface area contributed by atoms with E-state index in [4.69, 9.17) is 21.4 Å². The van der Waals surface area contributed by atoms with Gasteiger partial charge in [-0.25, -0.2) is 4.79 Å². The zero-order valence-electron chi connectivity index (χ0n) is 12.9. The number of halogens is 1. The number of ether oxygens (including phenoxy) is 1. The minimum absolute atomic E-state index is 0.0108. The number of nitrogens with zero attached hydrogens (tertiary/aromatic N) is 1. The van der Waals surface area contributed by atoms with Crippen LogP contribution >= 0.6 is 11.6 Å². The maximum Gasteiger partial charge on any atom is 0.353 e. The van der Waals surface area contributed by atoms with Gasteiger partial charge in [-0.3, -0.25) is 5.10 Å². The first-order valence-electron chi connectivity index (χ1n) is 7.30. The summed E-state index contributed by atoms with van der Waals surface area (Å²) in [5.74, 6) is -0.439. The van der Waals surface area contributed by atoms with Crippen LogP contribution in [0.5, 0.6) is 5.75 Å². The number of aromatic nitrogens is 2. The van der Waals surface area contributed by atoms with Crippen LogP contribution in [0, 0.1) is 6.92 Å². The number of carbonyl (C=O) groups is 1. The van der Waals surface area contributed by atoms with E-state index >= 15 is 0 Å². The summed E-state index contributed by atoms with van der Waals surface area (Å²) in [6, 6.07) is 14.8. The third-order valence-corrected chi connectivity index (χ3v) is 3.77. The van der Waals surface area contributed by atoms with Gasteiger partial charge >= 0.3 is 5.97 Å². The molecule has 0 atom stereocenters. The SMILES string of the molecule is Cc1cc(Cl)cc(-c2cc(C(=O)O)[nH]n2)c1OCc1ccccc1. The second-order valence-corrected chi connectivity index (χ2v) is 5.78. The van der Waals surface area contributed by atoms with E-state index in [2.05, 4.69) is 10.2 Å². The van der Waals surface area contributed by atoms with Gasteiger partial charge in [-0.1, -0.05) is 41.9 Å². The Hall–Kier alpha value is -2.79. The number of carboxylic acid groups (broad SMARTS) is 1. The first-order chi connectivity index (χ1) is 11.5. The molecule has 0 saturated heterocycles. The van der Waals surface area contributed by atoms with E-state index in [9.17, 15) is 4.79 Å². The molecular weight excluding hydrogens is 328 g/mol. The van der Waals surface area contributed by atoms with Gasteiger partial charge in [-0.15, -0.1) is 0 Å². The normalized spacial score (nSPS) is 10.6. The van der Waals surface area contributed by atoms with E-state index in [-0.39, 0.29) is 5.69 Å². The number of aryl methyl sites for hydroxylation is 1. The molecule has 2 aromatic carbocycles. The Morgan fingerprint density at radius 2 is 2.00 bits per heavy atom. The monoisotopic (exact) mass is 342 g/mol. The van der Waals surface area contributed by atoms with Gasteiger partial charge in [0, 0.05) is 10.6 Å². The third kappa shape index (κ3) is 3.41. The Kier molecular flexibility index (Phi) is 4.53. The third-order valence-electron chi connectivity index (χ3n) is 3.55. The number of hydrogen-bond acceptors (Lipinski definition) is 3. The largest absolute Gasteiger partial charge is 0.488 e. The lowest BCUT2D eigenvalue weighted by atomic mass is 10.1. The Morgan fingerprint density at radius 3 is 2.67 bits per heavy atom. The van der Waals surface area contributed by atoms with Crippen molar-refractivity contribution in [1.82, 2.24) is 10.2 Å². The second-order valence-electron chi connectivity index (χ2n) is 5.35. The van der Waals surface area contributed by atoms with Crippen molar-refractivity contribution >= 4 is 17.6 Å². The molecule has 0 aliphatic rings. The quantitative estimate of drug-likeness (QED) is 0.724. The highest BCUT2D eigenvalue weighted by atomic mass is 35.5. The molecule has 122 valence electrons. The van der Waals surface area contributed by atoms with Gasteiger partial charge in [0.1, 0.15) is 18.1 Å². The van der Waals surface area contributed by atoms with Gasteiger partial charge in [-0.2, -0.15) is 5.10 Å². The summed E-state index contributed by atoms with van der Waals surface area (Å²) in [5, 5.41) is 16.1. The second kappa shape index (κ2) is 6.76. The molecule has 0 bridgehead atoms. The lowest BCUT2D eigenvalue weighted by molar-refractivity contribution is 0.0690. The van der Waals surface area contributed by atoms with Crippen molar-refractivity contribution in [3.8, 4) is 17.0 Å². The standard InChI is InChI=1S/C18H15ClN2O3/c1-11-7-13(19)8-14(15-9-16(18(22)23)21-20-15)17(11)24-10-12-5-3-2-4-6-12/h2-9H,10H2,1H3,(H,20,21)(H,22,23). The molecule has 5 nitrogen and oxygen atoms in total. The van der Waals surface area contributed by atoms with E-state index in [1.165, 1.54) is 6.07 Å². The van der Waals surface area contributed by atoms with Crippen molar-refractivity contribution in [3.05, 3.63) is 70.4 Å². The number of aromatic carboxylic acids is 1. The van der Waals surface area contributed by atoms with Gasteiger partial charge in [0.25, 0.3) is 0 Å². The van der Waals surface area contributed by atoms with Crippen molar-refractivity contribution in [2.75, 3.05) is 0 Å². The maximum absolute atomic E-state index is 11.0. The lowest BCUT2D eigenvalue weighted by Gasteiger charge is -2.14. The fourth-order valence-corrected chi connectivity index (χ4v) is 2.68. The van der Waals surface area contributed by atoms with Crippen LogP contribution in [0.25, 0.3) is 11.3 Å². The minimum Gasteiger partial charge on any atom is -0.488 e. The topological polar surface area (TPSA) is 75.2 Å². The summed E-state index contributed by atoms with van der Waals surface area (Å²) in [6.45, 7) is 2.28. The van der Waals surface area contributed by atoms with Crippen LogP contribution in [-0.2, 0) is 6.61 Å². The number of H-pyrrole nitrogens is 1. The van der Waals surface area contributed by atoms with Crippen LogP contribution in [-0.4, -0.2) is 21.3 Å². The van der Waals surface area contributed by atoms with E-state index in [0.29, 0.717) is 28.6 Å². The Balaban J connectivity index is 1.96. The van der Waals surface area contributed by atoms with Gasteiger partial charge < -0.3 is 9.84 Å². The van der Waals surface area contributed by atoms with Crippen molar-refractivity contribution < 1.29 is 14.6 Å². The number of nitrogens with one attached hydrogen (secondary N) is 1. The molecule has 0 unspecified atom stereocenters. The van der Waals surface area contributed by atoms with Gasteiger partial charge in [-0.05, 0) is 36.2 Å². The number of carboxylic acids is 1. The molecule has 0 aliphatic carbocycles. The average molecular weight is 343 g/mol. The van der Waals surface area contributed by atoms with Crippen LogP contribution in [0.15, 0.2) is 48.5 Å². The molecule has 0 spiro atoms. The van der Waals surface area contributed by atoms with Crippen molar-refractivity contribution in [1.29, 1.82) is 0 Å². The average Bonchev–Trinajstić information content (AvgIpc) is 3.04. The molecule has 1 heterocycles. The molecule has 2 N–H and O–H groups in total. The zero-order chi connectivity index (χ0) is 17.1. The predicted octanol–water partition coefficient (Wildman–Crippen LogP) is 4.32. The van der Waals surface area contributed by atoms with Crippen LogP contribution in [0.3, 0.4) is 0 Å². The molecular formula is C18H15ClN2O3. The fraction of sp³-hybridized carbons (Fsp3) is 0.111. The molecule has 0 saturated carbocycles. The Bertz CT molecular complexity index is 875. The van der Waals surface area contributed by atoms with E-state index in [1.807, 2.05) is 37.3 Å². The molecule has 6 heteroatoms. The number of rotatable bonds is 5. The highest BCUT2D eigenvalue weighted by Gasteiger charge is 2.16. The predicted molar refractivity (Wildman–Crippen MR) is 91.5 cm³/mol. The van der Waals surface area contributed by atoms with E-state index in [0.717, 1.165) is 11.1 Å². The summed E-state index contributed by atoms with van der Waals surface area (Å²) >= 11 is 6.15. The Morgan fingerprint density at radius 1 is 1.25 bits per heavy atom. The molecule has 0 fully saturated rings. The summed E-state index contributed by atoms with van der Waals surface area (Å²) < 4.78 is 5.97. The summed E-state index contributed by atoms with van der Waals surface area (Å²) in [4.78, 5) is 11.0. The van der Waals surface area contributed by atoms with Gasteiger partial charge in [0.2, 0.25) is 0 Å². The number of benzene rings is 2. The number of aromatic amines is 1. The molecule has 0 aliphatic heterocycles. The van der Waals surface area contributed by atoms with Gasteiger partial charge in [0.15, 0.2) is 0 Å². The van der Waals surface area contributed by atoms with E-state index in [1.54, 1.807) is 12.1 Å². The van der Waals surface area contributed by atoms with Crippen LogP contribution in [0.1, 0.15) is 21.6 Å². The molecule has 24 heavy (non-hydrogen) atoms. The van der Waals surface area contributed by atoms with Crippen molar-refractivity contribution in [3.63, 3.8) is 0 Å². The van der Waals surface area contributed by atoms with Crippen LogP contribution in [0.4, 0.5) is 0 Å². The van der Waals surface area contributed by atoms with Crippen LogP contribution in [0.2, 0.25) is 5.02 Å². The molecule has 3 aromatic rings. The van der Waals surface area contributed by atoms with Crippen LogP contribution < -0.4 is 4.74 Å². The molecule has 0 radical (unpaired) electrons. The zero-order valence-corrected chi connectivity index (χ0v) is 13.7. The first kappa shape index (κ1) is 16.1. The maximum atomic E-state index is 11.0. The molecule has 3 rings (SSSR count). The molecule has 0 amide bonds. The van der Waals surface area contributed by atoms with Crippen molar-refractivity contribution in [2.24, 2.45) is 0 Å². The smallest absolute Gasteiger partial charge is 0.353 e. The Labute approximate surface area is 143 Å². The molecule has 1 aromatic heterocycles. The summed E-state index contributed by atoms with van der Waals surface area (Å²) in [6.07, 6.45) is 0. The first-order valence-corrected chi connectivity index (χ1v) is 7.68. The minimum atomic E-state index is -1.07. The summed E-state index contributed by atoms with van der Waals surface area (Å²) in [5.41, 5.74) is 3.02. The van der Waals surface area contributed by atoms with E-state index < -0.39 is 5.97 Å². The van der Waals surface area contributed by atoms with Crippen molar-refractivity contribution in [2.45, 2.75) is 13.5 Å². The summed E-state index contributed by atoms with van der Waals surface area (Å²) in [7, 11) is 0. The van der Waals surface area contributed by atoms with Gasteiger partial charge in [0.05, 0.1) is 5.69 Å². The highest BCUT2D eigenvalue weighted by molar-refractivity contribution is 6.31. The lowest BCUT2D eigenvalue weighted by Crippen LogP contribution is -1.99. The number of hydrogen-bond donors (Lipinski definition) is 2. The highest BCUT2D eigenvalue weighted by Crippen LogP contribution is 2.35. The fourth-order valence-electron chi connectivity index (χ4n) is 2.41.